The Balaban J connectivity index is 2.32. The Bertz CT molecular complexity index is 294. The van der Waals surface area contributed by atoms with Crippen LogP contribution in [0.5, 0.6) is 0 Å². The molecule has 0 bridgehead atoms. The first kappa shape index (κ1) is 15.0. The van der Waals surface area contributed by atoms with E-state index in [4.69, 9.17) is 5.11 Å². The second-order valence-corrected chi connectivity index (χ2v) is 5.07. The van der Waals surface area contributed by atoms with Gasteiger partial charge in [0, 0.05) is 19.5 Å². The SMILES string of the molecule is CCCCNC(=O)C(C)N1CCC(CC(=O)O)C1. The van der Waals surface area contributed by atoms with Crippen molar-refractivity contribution in [3.8, 4) is 0 Å². The minimum Gasteiger partial charge on any atom is -0.481 e. The predicted octanol–water partition coefficient (Wildman–Crippen LogP) is 1.09. The first-order valence-electron chi connectivity index (χ1n) is 6.78. The summed E-state index contributed by atoms with van der Waals surface area (Å²) in [7, 11) is 0. The Hall–Kier alpha value is -1.10. The van der Waals surface area contributed by atoms with E-state index >= 15 is 0 Å². The lowest BCUT2D eigenvalue weighted by Gasteiger charge is -2.23. The largest absolute Gasteiger partial charge is 0.481 e. The van der Waals surface area contributed by atoms with Crippen molar-refractivity contribution in [3.05, 3.63) is 0 Å². The maximum absolute atomic E-state index is 11.9. The fraction of sp³-hybridized carbons (Fsp3) is 0.846. The topological polar surface area (TPSA) is 69.6 Å². The zero-order valence-electron chi connectivity index (χ0n) is 11.3. The molecule has 5 nitrogen and oxygen atoms in total. The van der Waals surface area contributed by atoms with Crippen LogP contribution in [-0.2, 0) is 9.59 Å². The van der Waals surface area contributed by atoms with Crippen molar-refractivity contribution >= 4 is 11.9 Å². The Labute approximate surface area is 109 Å². The van der Waals surface area contributed by atoms with Crippen LogP contribution in [0.4, 0.5) is 0 Å². The molecule has 104 valence electrons. The summed E-state index contributed by atoms with van der Waals surface area (Å²) in [5.41, 5.74) is 0. The van der Waals surface area contributed by atoms with Crippen molar-refractivity contribution < 1.29 is 14.7 Å². The van der Waals surface area contributed by atoms with Gasteiger partial charge in [-0.2, -0.15) is 0 Å². The second-order valence-electron chi connectivity index (χ2n) is 5.07. The van der Waals surface area contributed by atoms with E-state index in [0.29, 0.717) is 6.54 Å². The number of hydrogen-bond donors (Lipinski definition) is 2. The summed E-state index contributed by atoms with van der Waals surface area (Å²) in [5.74, 6) is -0.505. The summed E-state index contributed by atoms with van der Waals surface area (Å²) in [6, 6.07) is -0.152. The number of hydrogen-bond acceptors (Lipinski definition) is 3. The van der Waals surface area contributed by atoms with Crippen LogP contribution >= 0.6 is 0 Å². The van der Waals surface area contributed by atoms with Crippen LogP contribution in [0, 0.1) is 5.92 Å². The third kappa shape index (κ3) is 4.64. The van der Waals surface area contributed by atoms with Crippen LogP contribution in [0.1, 0.15) is 39.5 Å². The van der Waals surface area contributed by atoms with Crippen molar-refractivity contribution in [1.82, 2.24) is 10.2 Å². The molecule has 5 heteroatoms. The number of nitrogens with one attached hydrogen (secondary N) is 1. The number of aliphatic carboxylic acids is 1. The summed E-state index contributed by atoms with van der Waals surface area (Å²) < 4.78 is 0. The second kappa shape index (κ2) is 7.36. The summed E-state index contributed by atoms with van der Waals surface area (Å²) in [4.78, 5) is 24.6. The van der Waals surface area contributed by atoms with Gasteiger partial charge in [0.2, 0.25) is 5.91 Å². The molecule has 0 aromatic carbocycles. The van der Waals surface area contributed by atoms with Crippen LogP contribution in [-0.4, -0.2) is 47.6 Å². The van der Waals surface area contributed by atoms with E-state index in [1.807, 2.05) is 6.92 Å². The molecule has 2 atom stereocenters. The molecule has 2 N–H and O–H groups in total. The number of nitrogens with zero attached hydrogens (tertiary/aromatic N) is 1. The molecule has 1 amide bonds. The number of carbonyl (C=O) groups is 2. The monoisotopic (exact) mass is 256 g/mol. The molecule has 1 fully saturated rings. The number of rotatable bonds is 7. The Morgan fingerprint density at radius 2 is 2.22 bits per heavy atom. The van der Waals surface area contributed by atoms with Gasteiger partial charge in [-0.15, -0.1) is 0 Å². The quantitative estimate of drug-likeness (QED) is 0.669. The van der Waals surface area contributed by atoms with Crippen LogP contribution in [0.25, 0.3) is 0 Å². The maximum Gasteiger partial charge on any atom is 0.303 e. The van der Waals surface area contributed by atoms with E-state index in [-0.39, 0.29) is 24.3 Å². The van der Waals surface area contributed by atoms with Crippen LogP contribution < -0.4 is 5.32 Å². The fourth-order valence-corrected chi connectivity index (χ4v) is 2.33. The maximum atomic E-state index is 11.9. The van der Waals surface area contributed by atoms with Crippen LogP contribution in [0.2, 0.25) is 0 Å². The lowest BCUT2D eigenvalue weighted by atomic mass is 10.1. The highest BCUT2D eigenvalue weighted by Gasteiger charge is 2.30. The van der Waals surface area contributed by atoms with Crippen molar-refractivity contribution in [1.29, 1.82) is 0 Å². The molecular weight excluding hydrogens is 232 g/mol. The molecule has 2 unspecified atom stereocenters. The summed E-state index contributed by atoms with van der Waals surface area (Å²) in [6.45, 7) is 6.25. The third-order valence-electron chi connectivity index (χ3n) is 3.54. The number of carbonyl (C=O) groups excluding carboxylic acids is 1. The zero-order valence-corrected chi connectivity index (χ0v) is 11.3. The average Bonchev–Trinajstić information content (AvgIpc) is 2.75. The van der Waals surface area contributed by atoms with Gasteiger partial charge < -0.3 is 10.4 Å². The fourth-order valence-electron chi connectivity index (χ4n) is 2.33. The van der Waals surface area contributed by atoms with Crippen molar-refractivity contribution in [3.63, 3.8) is 0 Å². The van der Waals surface area contributed by atoms with Gasteiger partial charge in [-0.1, -0.05) is 13.3 Å². The molecule has 1 aliphatic rings. The Kier molecular flexibility index (Phi) is 6.12. The summed E-state index contributed by atoms with van der Waals surface area (Å²) in [6.07, 6.45) is 3.15. The number of carboxylic acids is 1. The molecule has 0 radical (unpaired) electrons. The normalized spacial score (nSPS) is 21.8. The smallest absolute Gasteiger partial charge is 0.303 e. The van der Waals surface area contributed by atoms with E-state index in [0.717, 1.165) is 32.4 Å². The Morgan fingerprint density at radius 3 is 2.83 bits per heavy atom. The van der Waals surface area contributed by atoms with E-state index in [9.17, 15) is 9.59 Å². The number of amides is 1. The first-order chi connectivity index (χ1) is 8.54. The van der Waals surface area contributed by atoms with Crippen LogP contribution in [0.15, 0.2) is 0 Å². The third-order valence-corrected chi connectivity index (χ3v) is 3.54. The van der Waals surface area contributed by atoms with Gasteiger partial charge in [-0.3, -0.25) is 14.5 Å². The summed E-state index contributed by atoms with van der Waals surface area (Å²) in [5, 5.41) is 11.7. The zero-order chi connectivity index (χ0) is 13.5. The molecule has 0 saturated carbocycles. The number of likely N-dealkylation sites (tertiary alicyclic amines) is 1. The van der Waals surface area contributed by atoms with Crippen molar-refractivity contribution in [2.45, 2.75) is 45.6 Å². The Morgan fingerprint density at radius 1 is 1.50 bits per heavy atom. The lowest BCUT2D eigenvalue weighted by Crippen LogP contribution is -2.44. The average molecular weight is 256 g/mol. The van der Waals surface area contributed by atoms with Gasteiger partial charge in [0.15, 0.2) is 0 Å². The van der Waals surface area contributed by atoms with Gasteiger partial charge in [0.25, 0.3) is 0 Å². The molecule has 1 heterocycles. The lowest BCUT2D eigenvalue weighted by molar-refractivity contribution is -0.138. The minimum absolute atomic E-state index is 0.0550. The molecule has 18 heavy (non-hydrogen) atoms. The molecule has 1 aliphatic heterocycles. The number of carboxylic acid groups (broad SMARTS) is 1. The standard InChI is InChI=1S/C13H24N2O3/c1-3-4-6-14-13(18)10(2)15-7-5-11(9-15)8-12(16)17/h10-11H,3-9H2,1-2H3,(H,14,18)(H,16,17). The molecule has 0 aliphatic carbocycles. The highest BCUT2D eigenvalue weighted by atomic mass is 16.4. The van der Waals surface area contributed by atoms with Gasteiger partial charge in [0.1, 0.15) is 0 Å². The molecule has 1 saturated heterocycles. The van der Waals surface area contributed by atoms with Gasteiger partial charge in [0.05, 0.1) is 6.04 Å². The predicted molar refractivity (Wildman–Crippen MR) is 69.3 cm³/mol. The first-order valence-corrected chi connectivity index (χ1v) is 6.78. The van der Waals surface area contributed by atoms with E-state index < -0.39 is 5.97 Å². The van der Waals surface area contributed by atoms with Gasteiger partial charge in [-0.25, -0.2) is 0 Å². The van der Waals surface area contributed by atoms with Gasteiger partial charge >= 0.3 is 5.97 Å². The molecule has 0 aromatic rings. The number of unbranched alkanes of at least 4 members (excludes halogenated alkanes) is 1. The summed E-state index contributed by atoms with van der Waals surface area (Å²) >= 11 is 0. The molecular formula is C13H24N2O3. The molecule has 0 spiro atoms. The van der Waals surface area contributed by atoms with Crippen molar-refractivity contribution in [2.75, 3.05) is 19.6 Å². The molecule has 0 aromatic heterocycles. The van der Waals surface area contributed by atoms with E-state index in [1.54, 1.807) is 0 Å². The molecule has 1 rings (SSSR count). The highest BCUT2D eigenvalue weighted by Crippen LogP contribution is 2.21. The van der Waals surface area contributed by atoms with Crippen molar-refractivity contribution in [2.24, 2.45) is 5.92 Å². The van der Waals surface area contributed by atoms with Gasteiger partial charge in [-0.05, 0) is 32.2 Å². The highest BCUT2D eigenvalue weighted by molar-refractivity contribution is 5.81. The minimum atomic E-state index is -0.748. The van der Waals surface area contributed by atoms with Crippen LogP contribution in [0.3, 0.4) is 0 Å². The van der Waals surface area contributed by atoms with E-state index in [1.165, 1.54) is 0 Å². The van der Waals surface area contributed by atoms with E-state index in [2.05, 4.69) is 17.1 Å².